The number of benzene rings is 1. The number of nitrogens with one attached hydrogen (secondary N) is 1. The van der Waals surface area contributed by atoms with Crippen molar-refractivity contribution in [3.8, 4) is 5.75 Å². The number of hydrogen-bond acceptors (Lipinski definition) is 4. The molecule has 3 aromatic rings. The Bertz CT molecular complexity index is 910. The van der Waals surface area contributed by atoms with Crippen molar-refractivity contribution >= 4 is 40.4 Å². The third-order valence-electron chi connectivity index (χ3n) is 3.27. The van der Waals surface area contributed by atoms with Crippen LogP contribution < -0.4 is 10.1 Å². The summed E-state index contributed by atoms with van der Waals surface area (Å²) >= 11 is 11.9. The molecule has 0 saturated heterocycles. The Morgan fingerprint density at radius 1 is 1.29 bits per heavy atom. The SMILES string of the molecule is Cc1nc2ccc(NC(=O)C(C)Oc3ccc(Cl)cc3Cl)cn2n1. The Hall–Kier alpha value is -2.31. The van der Waals surface area contributed by atoms with Gasteiger partial charge in [-0.1, -0.05) is 23.2 Å². The van der Waals surface area contributed by atoms with Crippen LogP contribution in [0.5, 0.6) is 5.75 Å². The van der Waals surface area contributed by atoms with Gasteiger partial charge in [-0.25, -0.2) is 9.50 Å². The van der Waals surface area contributed by atoms with Crippen molar-refractivity contribution in [1.82, 2.24) is 14.6 Å². The fourth-order valence-corrected chi connectivity index (χ4v) is 2.58. The van der Waals surface area contributed by atoms with E-state index in [1.165, 1.54) is 0 Å². The molecule has 0 fully saturated rings. The summed E-state index contributed by atoms with van der Waals surface area (Å²) in [4.78, 5) is 16.5. The van der Waals surface area contributed by atoms with Crippen molar-refractivity contribution in [2.24, 2.45) is 0 Å². The lowest BCUT2D eigenvalue weighted by Gasteiger charge is -2.15. The van der Waals surface area contributed by atoms with Crippen LogP contribution in [0.2, 0.25) is 10.0 Å². The minimum atomic E-state index is -0.739. The maximum Gasteiger partial charge on any atom is 0.265 e. The van der Waals surface area contributed by atoms with Crippen LogP contribution >= 0.6 is 23.2 Å². The smallest absolute Gasteiger partial charge is 0.265 e. The van der Waals surface area contributed by atoms with E-state index in [0.29, 0.717) is 33.0 Å². The molecule has 0 aliphatic heterocycles. The van der Waals surface area contributed by atoms with Crippen LogP contribution in [0.25, 0.3) is 5.65 Å². The third kappa shape index (κ3) is 3.60. The van der Waals surface area contributed by atoms with E-state index in [9.17, 15) is 4.79 Å². The number of pyridine rings is 1. The first kappa shape index (κ1) is 16.5. The first-order valence-corrected chi connectivity index (χ1v) is 7.93. The number of carbonyl (C=O) groups is 1. The number of hydrogen-bond donors (Lipinski definition) is 1. The second kappa shape index (κ2) is 6.67. The number of ether oxygens (including phenoxy) is 1. The van der Waals surface area contributed by atoms with Crippen molar-refractivity contribution in [2.45, 2.75) is 20.0 Å². The highest BCUT2D eigenvalue weighted by molar-refractivity contribution is 6.35. The van der Waals surface area contributed by atoms with Crippen molar-refractivity contribution in [2.75, 3.05) is 5.32 Å². The molecule has 0 bridgehead atoms. The van der Waals surface area contributed by atoms with Gasteiger partial charge in [0.05, 0.1) is 16.9 Å². The van der Waals surface area contributed by atoms with Gasteiger partial charge in [0.15, 0.2) is 11.8 Å². The summed E-state index contributed by atoms with van der Waals surface area (Å²) < 4.78 is 7.19. The number of fused-ring (bicyclic) bond motifs is 1. The Labute approximate surface area is 148 Å². The molecule has 0 spiro atoms. The van der Waals surface area contributed by atoms with Gasteiger partial charge in [0.2, 0.25) is 0 Å². The third-order valence-corrected chi connectivity index (χ3v) is 3.80. The van der Waals surface area contributed by atoms with E-state index in [0.717, 1.165) is 0 Å². The summed E-state index contributed by atoms with van der Waals surface area (Å²) in [5.41, 5.74) is 1.30. The maximum absolute atomic E-state index is 12.3. The fraction of sp³-hybridized carbons (Fsp3) is 0.188. The summed E-state index contributed by atoms with van der Waals surface area (Å²) in [6.45, 7) is 3.44. The van der Waals surface area contributed by atoms with Gasteiger partial charge >= 0.3 is 0 Å². The quantitative estimate of drug-likeness (QED) is 0.765. The summed E-state index contributed by atoms with van der Waals surface area (Å²) in [6, 6.07) is 8.36. The Morgan fingerprint density at radius 2 is 2.08 bits per heavy atom. The van der Waals surface area contributed by atoms with Crippen LogP contribution in [0.4, 0.5) is 5.69 Å². The van der Waals surface area contributed by atoms with Gasteiger partial charge in [-0.05, 0) is 44.2 Å². The van der Waals surface area contributed by atoms with E-state index in [4.69, 9.17) is 27.9 Å². The number of carbonyl (C=O) groups excluding carboxylic acids is 1. The summed E-state index contributed by atoms with van der Waals surface area (Å²) in [7, 11) is 0. The average molecular weight is 365 g/mol. The first-order valence-electron chi connectivity index (χ1n) is 7.18. The zero-order valence-electron chi connectivity index (χ0n) is 13.0. The van der Waals surface area contributed by atoms with Gasteiger partial charge in [0, 0.05) is 5.02 Å². The van der Waals surface area contributed by atoms with Crippen LogP contribution in [0.15, 0.2) is 36.5 Å². The van der Waals surface area contributed by atoms with E-state index in [1.54, 1.807) is 54.9 Å². The maximum atomic E-state index is 12.3. The molecule has 1 amide bonds. The van der Waals surface area contributed by atoms with Gasteiger partial charge in [-0.15, -0.1) is 0 Å². The minimum absolute atomic E-state index is 0.308. The molecule has 0 aliphatic carbocycles. The summed E-state index contributed by atoms with van der Waals surface area (Å²) in [5.74, 6) is 0.746. The molecule has 0 radical (unpaired) electrons. The molecular weight excluding hydrogens is 351 g/mol. The average Bonchev–Trinajstić information content (AvgIpc) is 2.89. The van der Waals surface area contributed by atoms with Crippen LogP contribution in [-0.4, -0.2) is 26.6 Å². The number of amides is 1. The number of aryl methyl sites for hydroxylation is 1. The summed E-state index contributed by atoms with van der Waals surface area (Å²) in [6.07, 6.45) is 0.951. The highest BCUT2D eigenvalue weighted by Crippen LogP contribution is 2.28. The number of halogens is 2. The molecule has 8 heteroatoms. The topological polar surface area (TPSA) is 68.5 Å². The molecule has 3 rings (SSSR count). The fourth-order valence-electron chi connectivity index (χ4n) is 2.13. The van der Waals surface area contributed by atoms with E-state index in [2.05, 4.69) is 15.4 Å². The van der Waals surface area contributed by atoms with Crippen molar-refractivity contribution < 1.29 is 9.53 Å². The molecule has 6 nitrogen and oxygen atoms in total. The molecule has 24 heavy (non-hydrogen) atoms. The zero-order chi connectivity index (χ0) is 17.3. The van der Waals surface area contributed by atoms with Crippen LogP contribution in [0.1, 0.15) is 12.7 Å². The highest BCUT2D eigenvalue weighted by Gasteiger charge is 2.17. The number of nitrogens with zero attached hydrogens (tertiary/aromatic N) is 3. The molecule has 124 valence electrons. The predicted molar refractivity (Wildman–Crippen MR) is 92.9 cm³/mol. The van der Waals surface area contributed by atoms with Crippen LogP contribution in [0, 0.1) is 6.92 Å². The Balaban J connectivity index is 1.70. The zero-order valence-corrected chi connectivity index (χ0v) is 14.5. The predicted octanol–water partition coefficient (Wildman–Crippen LogP) is 3.75. The molecule has 1 unspecified atom stereocenters. The van der Waals surface area contributed by atoms with Gasteiger partial charge < -0.3 is 10.1 Å². The van der Waals surface area contributed by atoms with E-state index in [1.807, 2.05) is 0 Å². The molecule has 1 aromatic carbocycles. The van der Waals surface area contributed by atoms with Crippen molar-refractivity contribution in [3.05, 3.63) is 52.4 Å². The standard InChI is InChI=1S/C16H14Cl2N4O2/c1-9(24-14-5-3-11(17)7-13(14)18)16(23)20-12-4-6-15-19-10(2)21-22(15)8-12/h3-9H,1-2H3,(H,20,23). The second-order valence-corrected chi connectivity index (χ2v) is 6.05. The first-order chi connectivity index (χ1) is 11.4. The van der Waals surface area contributed by atoms with Crippen LogP contribution in [0.3, 0.4) is 0 Å². The molecule has 2 heterocycles. The molecule has 2 aromatic heterocycles. The normalized spacial score (nSPS) is 12.2. The monoisotopic (exact) mass is 364 g/mol. The molecule has 0 saturated carbocycles. The van der Waals surface area contributed by atoms with E-state index < -0.39 is 6.10 Å². The Morgan fingerprint density at radius 3 is 2.83 bits per heavy atom. The van der Waals surface area contributed by atoms with Gasteiger partial charge in [-0.2, -0.15) is 5.10 Å². The molecule has 1 N–H and O–H groups in total. The van der Waals surface area contributed by atoms with Crippen molar-refractivity contribution in [1.29, 1.82) is 0 Å². The molecule has 1 atom stereocenters. The number of rotatable bonds is 4. The molecule has 0 aliphatic rings. The lowest BCUT2D eigenvalue weighted by Crippen LogP contribution is -2.30. The minimum Gasteiger partial charge on any atom is -0.479 e. The number of aromatic nitrogens is 3. The van der Waals surface area contributed by atoms with E-state index >= 15 is 0 Å². The van der Waals surface area contributed by atoms with Gasteiger partial charge in [0.1, 0.15) is 11.6 Å². The Kier molecular flexibility index (Phi) is 4.59. The summed E-state index contributed by atoms with van der Waals surface area (Å²) in [5, 5.41) is 7.83. The highest BCUT2D eigenvalue weighted by atomic mass is 35.5. The van der Waals surface area contributed by atoms with E-state index in [-0.39, 0.29) is 5.91 Å². The number of anilines is 1. The van der Waals surface area contributed by atoms with Crippen LogP contribution in [-0.2, 0) is 4.79 Å². The lowest BCUT2D eigenvalue weighted by molar-refractivity contribution is -0.122. The lowest BCUT2D eigenvalue weighted by atomic mass is 10.3. The van der Waals surface area contributed by atoms with Crippen molar-refractivity contribution in [3.63, 3.8) is 0 Å². The second-order valence-electron chi connectivity index (χ2n) is 5.20. The molecular formula is C16H14Cl2N4O2. The largest absolute Gasteiger partial charge is 0.479 e. The van der Waals surface area contributed by atoms with Gasteiger partial charge in [0.25, 0.3) is 5.91 Å². The van der Waals surface area contributed by atoms with Gasteiger partial charge in [-0.3, -0.25) is 4.79 Å².